The van der Waals surface area contributed by atoms with Crippen molar-refractivity contribution in [3.63, 3.8) is 0 Å². The number of ether oxygens (including phenoxy) is 2. The smallest absolute Gasteiger partial charge is 0.234 e. The van der Waals surface area contributed by atoms with E-state index >= 15 is 0 Å². The lowest BCUT2D eigenvalue weighted by Crippen LogP contribution is -2.21. The summed E-state index contributed by atoms with van der Waals surface area (Å²) in [7, 11) is 0. The average molecular weight is 338 g/mol. The van der Waals surface area contributed by atoms with Crippen LogP contribution in [0.25, 0.3) is 0 Å². The summed E-state index contributed by atoms with van der Waals surface area (Å²) in [5.41, 5.74) is 3.13. The van der Waals surface area contributed by atoms with E-state index in [1.54, 1.807) is 0 Å². The Hall–Kier alpha value is -3.00. The molecule has 0 aliphatic heterocycles. The Balaban J connectivity index is 1.80. The second-order valence-corrected chi connectivity index (χ2v) is 5.68. The van der Waals surface area contributed by atoms with E-state index in [0.717, 1.165) is 28.2 Å². The number of para-hydroxylation sites is 1. The fourth-order valence-corrected chi connectivity index (χ4v) is 2.41. The van der Waals surface area contributed by atoms with Gasteiger partial charge in [-0.25, -0.2) is 0 Å². The van der Waals surface area contributed by atoms with Crippen molar-refractivity contribution in [1.29, 1.82) is 5.26 Å². The van der Waals surface area contributed by atoms with Crippen molar-refractivity contribution >= 4 is 5.91 Å². The third-order valence-electron chi connectivity index (χ3n) is 3.63. The van der Waals surface area contributed by atoms with Crippen LogP contribution in [0.15, 0.2) is 42.5 Å². The summed E-state index contributed by atoms with van der Waals surface area (Å²) in [6.45, 7) is 5.30. The highest BCUT2D eigenvalue weighted by atomic mass is 16.5. The van der Waals surface area contributed by atoms with Gasteiger partial charge < -0.3 is 14.8 Å². The molecular formula is C20H22N2O3. The van der Waals surface area contributed by atoms with Crippen LogP contribution >= 0.6 is 0 Å². The van der Waals surface area contributed by atoms with Gasteiger partial charge in [-0.2, -0.15) is 5.26 Å². The van der Waals surface area contributed by atoms with Crippen LogP contribution in [0.4, 0.5) is 0 Å². The van der Waals surface area contributed by atoms with Crippen molar-refractivity contribution in [1.82, 2.24) is 5.32 Å². The van der Waals surface area contributed by atoms with Gasteiger partial charge in [0.15, 0.2) is 0 Å². The fraction of sp³-hybridized carbons (Fsp3) is 0.300. The maximum absolute atomic E-state index is 11.3. The van der Waals surface area contributed by atoms with Crippen LogP contribution in [0.1, 0.15) is 23.1 Å². The Morgan fingerprint density at radius 2 is 1.76 bits per heavy atom. The number of nitrogens with one attached hydrogen (secondary N) is 1. The molecule has 0 saturated heterocycles. The molecule has 0 heterocycles. The standard InChI is InChI=1S/C20H22N2O3/c1-15-5-3-6-16(2)20(15)25-12-11-24-18-8-4-7-17(13-18)14-22-19(23)9-10-21/h3-8,13H,9,11-12,14H2,1-2H3,(H,22,23). The molecule has 0 radical (unpaired) electrons. The highest BCUT2D eigenvalue weighted by Gasteiger charge is 2.04. The number of amides is 1. The van der Waals surface area contributed by atoms with Crippen LogP contribution in [-0.2, 0) is 11.3 Å². The fourth-order valence-electron chi connectivity index (χ4n) is 2.41. The van der Waals surface area contributed by atoms with E-state index in [1.165, 1.54) is 0 Å². The van der Waals surface area contributed by atoms with Gasteiger partial charge in [-0.15, -0.1) is 0 Å². The molecule has 5 nitrogen and oxygen atoms in total. The highest BCUT2D eigenvalue weighted by Crippen LogP contribution is 2.22. The first-order valence-electron chi connectivity index (χ1n) is 8.14. The van der Waals surface area contributed by atoms with Crippen LogP contribution in [0.3, 0.4) is 0 Å². The highest BCUT2D eigenvalue weighted by molar-refractivity contribution is 5.77. The van der Waals surface area contributed by atoms with Crippen LogP contribution in [0.5, 0.6) is 11.5 Å². The third-order valence-corrected chi connectivity index (χ3v) is 3.63. The van der Waals surface area contributed by atoms with Gasteiger partial charge >= 0.3 is 0 Å². The molecule has 1 N–H and O–H groups in total. The molecule has 0 aliphatic carbocycles. The summed E-state index contributed by atoms with van der Waals surface area (Å²) in [5.74, 6) is 1.34. The summed E-state index contributed by atoms with van der Waals surface area (Å²) in [5, 5.41) is 11.2. The van der Waals surface area contributed by atoms with Gasteiger partial charge in [-0.1, -0.05) is 30.3 Å². The van der Waals surface area contributed by atoms with Gasteiger partial charge in [-0.05, 0) is 42.7 Å². The number of carbonyl (C=O) groups excluding carboxylic acids is 1. The molecule has 130 valence electrons. The van der Waals surface area contributed by atoms with E-state index in [-0.39, 0.29) is 12.3 Å². The van der Waals surface area contributed by atoms with Gasteiger partial charge in [0.05, 0.1) is 6.07 Å². The maximum atomic E-state index is 11.3. The minimum atomic E-state index is -0.282. The average Bonchev–Trinajstić information content (AvgIpc) is 2.59. The zero-order valence-electron chi connectivity index (χ0n) is 14.5. The second kappa shape index (κ2) is 9.33. The quantitative estimate of drug-likeness (QED) is 0.750. The lowest BCUT2D eigenvalue weighted by Gasteiger charge is -2.13. The van der Waals surface area contributed by atoms with Gasteiger partial charge in [0.25, 0.3) is 0 Å². The molecule has 5 heteroatoms. The number of nitrogens with zero attached hydrogens (tertiary/aromatic N) is 1. The minimum Gasteiger partial charge on any atom is -0.490 e. The molecule has 2 aromatic carbocycles. The summed E-state index contributed by atoms with van der Waals surface area (Å²) in [6, 6.07) is 15.4. The van der Waals surface area contributed by atoms with E-state index < -0.39 is 0 Å². The predicted octanol–water partition coefficient (Wildman–Crippen LogP) is 3.29. The van der Waals surface area contributed by atoms with E-state index in [2.05, 4.69) is 5.32 Å². The lowest BCUT2D eigenvalue weighted by molar-refractivity contribution is -0.120. The Morgan fingerprint density at radius 3 is 2.48 bits per heavy atom. The molecule has 0 atom stereocenters. The van der Waals surface area contributed by atoms with Crippen LogP contribution in [-0.4, -0.2) is 19.1 Å². The molecule has 1 amide bonds. The van der Waals surface area contributed by atoms with Crippen molar-refractivity contribution in [3.8, 4) is 17.6 Å². The van der Waals surface area contributed by atoms with Crippen molar-refractivity contribution < 1.29 is 14.3 Å². The zero-order valence-corrected chi connectivity index (χ0v) is 14.5. The predicted molar refractivity (Wildman–Crippen MR) is 95.4 cm³/mol. The maximum Gasteiger partial charge on any atom is 0.234 e. The van der Waals surface area contributed by atoms with Gasteiger partial charge in [0.1, 0.15) is 31.1 Å². The van der Waals surface area contributed by atoms with Crippen LogP contribution < -0.4 is 14.8 Å². The molecule has 0 aromatic heterocycles. The van der Waals surface area contributed by atoms with E-state index in [4.69, 9.17) is 14.7 Å². The monoisotopic (exact) mass is 338 g/mol. The van der Waals surface area contributed by atoms with E-state index in [1.807, 2.05) is 62.4 Å². The molecular weight excluding hydrogens is 316 g/mol. The number of carbonyl (C=O) groups is 1. The molecule has 2 rings (SSSR count). The number of nitriles is 1. The van der Waals surface area contributed by atoms with Gasteiger partial charge in [0.2, 0.25) is 5.91 Å². The first-order chi connectivity index (χ1) is 12.1. The SMILES string of the molecule is Cc1cccc(C)c1OCCOc1cccc(CNC(=O)CC#N)c1. The van der Waals surface area contributed by atoms with E-state index in [9.17, 15) is 4.79 Å². The number of rotatable bonds is 8. The zero-order chi connectivity index (χ0) is 18.1. The van der Waals surface area contributed by atoms with Gasteiger partial charge in [-0.3, -0.25) is 4.79 Å². The summed E-state index contributed by atoms with van der Waals surface area (Å²) < 4.78 is 11.5. The third kappa shape index (κ3) is 5.85. The topological polar surface area (TPSA) is 71.3 Å². The Labute approximate surface area is 148 Å². The molecule has 0 aliphatic rings. The van der Waals surface area contributed by atoms with Crippen molar-refractivity contribution in [2.24, 2.45) is 0 Å². The largest absolute Gasteiger partial charge is 0.490 e. The lowest BCUT2D eigenvalue weighted by atomic mass is 10.1. The first kappa shape index (κ1) is 18.3. The molecule has 0 fully saturated rings. The van der Waals surface area contributed by atoms with Gasteiger partial charge in [0, 0.05) is 6.54 Å². The molecule has 0 saturated carbocycles. The number of hydrogen-bond acceptors (Lipinski definition) is 4. The first-order valence-corrected chi connectivity index (χ1v) is 8.14. The van der Waals surface area contributed by atoms with E-state index in [0.29, 0.717) is 19.8 Å². The number of aryl methyl sites for hydroxylation is 2. The number of benzene rings is 2. The number of hydrogen-bond donors (Lipinski definition) is 1. The normalized spacial score (nSPS) is 9.96. The Kier molecular flexibility index (Phi) is 6.85. The van der Waals surface area contributed by atoms with Crippen LogP contribution in [0, 0.1) is 25.2 Å². The Bertz CT molecular complexity index is 746. The van der Waals surface area contributed by atoms with Crippen molar-refractivity contribution in [2.45, 2.75) is 26.8 Å². The molecule has 0 spiro atoms. The van der Waals surface area contributed by atoms with Crippen LogP contribution in [0.2, 0.25) is 0 Å². The summed E-state index contributed by atoms with van der Waals surface area (Å²) in [4.78, 5) is 11.3. The minimum absolute atomic E-state index is 0.133. The second-order valence-electron chi connectivity index (χ2n) is 5.68. The molecule has 2 aromatic rings. The Morgan fingerprint density at radius 1 is 1.08 bits per heavy atom. The summed E-state index contributed by atoms with van der Waals surface area (Å²) in [6.07, 6.45) is -0.133. The van der Waals surface area contributed by atoms with Crippen molar-refractivity contribution in [3.05, 3.63) is 59.2 Å². The molecule has 0 unspecified atom stereocenters. The molecule has 25 heavy (non-hydrogen) atoms. The summed E-state index contributed by atoms with van der Waals surface area (Å²) >= 11 is 0. The van der Waals surface area contributed by atoms with Crippen molar-refractivity contribution in [2.75, 3.05) is 13.2 Å². The molecule has 0 bridgehead atoms.